The third kappa shape index (κ3) is 18.4. The maximum absolute atomic E-state index is 10.1. The first-order valence-electron chi connectivity index (χ1n) is 11.9. The van der Waals surface area contributed by atoms with Gasteiger partial charge in [0.25, 0.3) is 0 Å². The van der Waals surface area contributed by atoms with Crippen molar-refractivity contribution in [2.24, 2.45) is 0 Å². The van der Waals surface area contributed by atoms with Gasteiger partial charge in [0.05, 0.1) is 0 Å². The van der Waals surface area contributed by atoms with Gasteiger partial charge in [0.15, 0.2) is 22.6 Å². The van der Waals surface area contributed by atoms with Crippen LogP contribution in [0.4, 0.5) is 28.8 Å². The van der Waals surface area contributed by atoms with E-state index in [0.717, 1.165) is 23.0 Å². The van der Waals surface area contributed by atoms with Crippen LogP contribution in [-0.2, 0) is 0 Å². The number of nitrogen functional groups attached to an aromatic ring is 1. The normalized spacial score (nSPS) is 9.32. The summed E-state index contributed by atoms with van der Waals surface area (Å²) in [4.78, 5) is 16.1. The van der Waals surface area contributed by atoms with E-state index < -0.39 is 5.60 Å². The summed E-state index contributed by atoms with van der Waals surface area (Å²) in [6.07, 6.45) is 6.45. The van der Waals surface area contributed by atoms with Gasteiger partial charge in [-0.25, -0.2) is 19.9 Å². The second-order valence-electron chi connectivity index (χ2n) is 8.97. The zero-order chi connectivity index (χ0) is 28.6. The Morgan fingerprint density at radius 1 is 0.750 bits per heavy atom. The maximum Gasteiger partial charge on any atom is 1.00 e. The van der Waals surface area contributed by atoms with Gasteiger partial charge in [-0.3, -0.25) is 0 Å². The molecule has 11 heteroatoms. The molecule has 2 heterocycles. The summed E-state index contributed by atoms with van der Waals surface area (Å²) in [5, 5.41) is 19.5. The first-order valence-corrected chi connectivity index (χ1v) is 12.3. The average Bonchev–Trinajstić information content (AvgIpc) is 2.84. The van der Waals surface area contributed by atoms with Gasteiger partial charge < -0.3 is 26.8 Å². The summed E-state index contributed by atoms with van der Waals surface area (Å²) in [7, 11) is 3.57. The molecule has 0 aliphatic carbocycles. The number of hydrogen-bond donors (Lipinski definition) is 4. The Hall–Kier alpha value is -2.95. The van der Waals surface area contributed by atoms with Crippen LogP contribution >= 0.6 is 11.6 Å². The van der Waals surface area contributed by atoms with Crippen LogP contribution in [0, 0.1) is 13.8 Å². The van der Waals surface area contributed by atoms with Crippen LogP contribution in [0.5, 0.6) is 0 Å². The summed E-state index contributed by atoms with van der Waals surface area (Å²) in [6.45, 7) is 8.98. The van der Waals surface area contributed by atoms with Crippen molar-refractivity contribution in [3.8, 4) is 0 Å². The standard InChI is InChI=1S/C12H14N4.C7H9N.C5H6ClN3.C4H9O.CH4.Na/c1-9-4-3-5-10(8-9)16-12-11(13-2)14-6-7-15-12;1-6-3-2-4-7(8)5-6;1-7-5-4(6)8-2-3-9-5;1-4(2,3)5;;/h3-8H,1-2H3,(H,13,14)(H,15,16);2-5H,8H2,1H3;2-3H,1H3,(H,7,9);1-3H3;1H4;/q;;;-1;;+1. The van der Waals surface area contributed by atoms with Crippen LogP contribution in [0.2, 0.25) is 5.15 Å². The van der Waals surface area contributed by atoms with Crippen molar-refractivity contribution in [2.45, 2.75) is 47.6 Å². The Morgan fingerprint density at radius 2 is 1.20 bits per heavy atom. The fourth-order valence-electron chi connectivity index (χ4n) is 2.63. The summed E-state index contributed by atoms with van der Waals surface area (Å²) >= 11 is 5.59. The van der Waals surface area contributed by atoms with Crippen molar-refractivity contribution in [2.75, 3.05) is 35.8 Å². The average molecular weight is 577 g/mol. The quantitative estimate of drug-likeness (QED) is 0.213. The number of nitrogens with two attached hydrogens (primary N) is 1. The monoisotopic (exact) mass is 576 g/mol. The first kappa shape index (κ1) is 39.2. The second-order valence-corrected chi connectivity index (χ2v) is 9.33. The zero-order valence-electron chi connectivity index (χ0n) is 24.1. The van der Waals surface area contributed by atoms with Gasteiger partial charge in [-0.1, -0.05) is 64.1 Å². The molecule has 2 aromatic heterocycles. The molecule has 212 valence electrons. The molecule has 0 aliphatic heterocycles. The molecule has 40 heavy (non-hydrogen) atoms. The minimum atomic E-state index is -0.750. The van der Waals surface area contributed by atoms with Crippen molar-refractivity contribution in [1.29, 1.82) is 0 Å². The molecule has 2 aromatic carbocycles. The number of aryl methyl sites for hydroxylation is 2. The molecule has 0 spiro atoms. The molecule has 0 amide bonds. The molecule has 0 fully saturated rings. The molecular weight excluding hydrogens is 535 g/mol. The third-order valence-corrected chi connectivity index (χ3v) is 4.42. The Kier molecular flexibility index (Phi) is 20.5. The largest absolute Gasteiger partial charge is 1.00 e. The molecule has 9 nitrogen and oxygen atoms in total. The molecule has 5 N–H and O–H groups in total. The van der Waals surface area contributed by atoms with E-state index >= 15 is 0 Å². The van der Waals surface area contributed by atoms with E-state index in [-0.39, 0.29) is 37.0 Å². The van der Waals surface area contributed by atoms with Gasteiger partial charge in [-0.2, -0.15) is 0 Å². The van der Waals surface area contributed by atoms with Crippen LogP contribution in [-0.4, -0.2) is 39.6 Å². The molecule has 0 aliphatic rings. The van der Waals surface area contributed by atoms with E-state index in [2.05, 4.69) is 54.9 Å². The number of hydrogen-bond acceptors (Lipinski definition) is 9. The molecule has 0 atom stereocenters. The number of benzene rings is 2. The summed E-state index contributed by atoms with van der Waals surface area (Å²) < 4.78 is 0. The third-order valence-electron chi connectivity index (χ3n) is 4.15. The van der Waals surface area contributed by atoms with Crippen molar-refractivity contribution >= 4 is 40.4 Å². The van der Waals surface area contributed by atoms with Gasteiger partial charge in [-0.05, 0) is 49.2 Å². The molecule has 4 rings (SSSR count). The summed E-state index contributed by atoms with van der Waals surface area (Å²) in [6, 6.07) is 15.9. The predicted octanol–water partition coefficient (Wildman–Crippen LogP) is 3.10. The Morgan fingerprint density at radius 3 is 1.60 bits per heavy atom. The number of nitrogens with one attached hydrogen (secondary N) is 3. The van der Waals surface area contributed by atoms with Crippen LogP contribution in [0.1, 0.15) is 39.3 Å². The van der Waals surface area contributed by atoms with Gasteiger partial charge >= 0.3 is 29.6 Å². The molecule has 0 unspecified atom stereocenters. The Bertz CT molecular complexity index is 1220. The summed E-state index contributed by atoms with van der Waals surface area (Å²) in [5.41, 5.74) is 8.98. The van der Waals surface area contributed by atoms with Gasteiger partial charge in [0, 0.05) is 50.3 Å². The van der Waals surface area contributed by atoms with Gasteiger partial charge in [0.1, 0.15) is 0 Å². The number of nitrogens with zero attached hydrogens (tertiary/aromatic N) is 4. The van der Waals surface area contributed by atoms with Crippen molar-refractivity contribution < 1.29 is 34.7 Å². The number of rotatable bonds is 4. The van der Waals surface area contributed by atoms with E-state index in [4.69, 9.17) is 17.3 Å². The second kappa shape index (κ2) is 20.9. The van der Waals surface area contributed by atoms with E-state index in [1.54, 1.807) is 52.6 Å². The van der Waals surface area contributed by atoms with Gasteiger partial charge in [-0.15, -0.1) is 5.60 Å². The van der Waals surface area contributed by atoms with E-state index in [1.807, 2.05) is 50.4 Å². The van der Waals surface area contributed by atoms with E-state index in [0.29, 0.717) is 11.0 Å². The molecular formula is C29H42ClN8NaO. The smallest absolute Gasteiger partial charge is 0.850 e. The van der Waals surface area contributed by atoms with E-state index in [1.165, 1.54) is 11.1 Å². The maximum atomic E-state index is 10.1. The predicted molar refractivity (Wildman–Crippen MR) is 165 cm³/mol. The SMILES string of the molecule is C.CC(C)(C)[O-].CNc1nccnc1Cl.CNc1nccnc1Nc1cccc(C)c1.Cc1cccc(N)c1.[Na+]. The van der Waals surface area contributed by atoms with E-state index in [9.17, 15) is 5.11 Å². The van der Waals surface area contributed by atoms with Crippen LogP contribution in [0.3, 0.4) is 0 Å². The summed E-state index contributed by atoms with van der Waals surface area (Å²) in [5.74, 6) is 2.08. The van der Waals surface area contributed by atoms with Crippen molar-refractivity contribution in [1.82, 2.24) is 19.9 Å². The molecule has 0 bridgehead atoms. The van der Waals surface area contributed by atoms with Crippen LogP contribution < -0.4 is 56.3 Å². The molecule has 0 radical (unpaired) electrons. The number of halogens is 1. The minimum Gasteiger partial charge on any atom is -0.850 e. The van der Waals surface area contributed by atoms with Crippen molar-refractivity contribution in [3.05, 3.63) is 89.6 Å². The fraction of sp³-hybridized carbons (Fsp3) is 0.310. The Labute approximate surface area is 266 Å². The van der Waals surface area contributed by atoms with Crippen molar-refractivity contribution in [3.63, 3.8) is 0 Å². The number of aromatic nitrogens is 4. The Balaban J connectivity index is 0. The van der Waals surface area contributed by atoms with Crippen LogP contribution in [0.15, 0.2) is 73.3 Å². The molecule has 0 saturated carbocycles. The molecule has 0 saturated heterocycles. The minimum absolute atomic E-state index is 0. The fourth-order valence-corrected chi connectivity index (χ4v) is 2.83. The van der Waals surface area contributed by atoms with Crippen LogP contribution in [0.25, 0.3) is 0 Å². The van der Waals surface area contributed by atoms with Gasteiger partial charge in [0.2, 0.25) is 0 Å². The molecule has 4 aromatic rings. The topological polar surface area (TPSA) is 137 Å². The first-order chi connectivity index (χ1) is 17.9. The zero-order valence-corrected chi connectivity index (χ0v) is 26.8. The number of anilines is 5.